The second-order valence-electron chi connectivity index (χ2n) is 5.04. The van der Waals surface area contributed by atoms with Crippen molar-refractivity contribution in [1.82, 2.24) is 20.1 Å². The Morgan fingerprint density at radius 3 is 2.76 bits per heavy atom. The van der Waals surface area contributed by atoms with Crippen LogP contribution in [0.5, 0.6) is 0 Å². The molecule has 1 rings (SSSR count). The minimum atomic E-state index is 0.621. The van der Waals surface area contributed by atoms with Gasteiger partial charge in [-0.2, -0.15) is 5.10 Å². The van der Waals surface area contributed by atoms with Crippen molar-refractivity contribution in [2.45, 2.75) is 59.0 Å². The molecule has 0 saturated heterocycles. The van der Waals surface area contributed by atoms with Gasteiger partial charge in [0.05, 0.1) is 0 Å². The first-order valence-corrected chi connectivity index (χ1v) is 6.71. The lowest BCUT2D eigenvalue weighted by Crippen LogP contribution is -2.24. The van der Waals surface area contributed by atoms with Crippen molar-refractivity contribution >= 4 is 0 Å². The van der Waals surface area contributed by atoms with Crippen LogP contribution in [0.15, 0.2) is 6.33 Å². The van der Waals surface area contributed by atoms with E-state index in [-0.39, 0.29) is 0 Å². The molecule has 0 fully saturated rings. The van der Waals surface area contributed by atoms with Crippen LogP contribution < -0.4 is 5.32 Å². The lowest BCUT2D eigenvalue weighted by atomic mass is 10.1. The van der Waals surface area contributed by atoms with Gasteiger partial charge >= 0.3 is 0 Å². The second kappa shape index (κ2) is 7.43. The number of aromatic nitrogens is 3. The molecule has 4 nitrogen and oxygen atoms in total. The van der Waals surface area contributed by atoms with Gasteiger partial charge in [-0.25, -0.2) is 9.67 Å². The number of hydrogen-bond acceptors (Lipinski definition) is 3. The molecule has 0 aliphatic carbocycles. The van der Waals surface area contributed by atoms with Crippen LogP contribution in [0.1, 0.15) is 45.9 Å². The molecule has 0 aliphatic rings. The van der Waals surface area contributed by atoms with Crippen molar-refractivity contribution in [3.63, 3.8) is 0 Å². The molecule has 1 heterocycles. The van der Waals surface area contributed by atoms with Crippen LogP contribution >= 0.6 is 0 Å². The standard InChI is InChI=1S/C13H26N4/c1-5-12(14-4)7-6-8-13-15-10-16-17(13)9-11(2)3/h10-12,14H,5-9H2,1-4H3. The fourth-order valence-electron chi connectivity index (χ4n) is 2.04. The Bertz CT molecular complexity index is 302. The van der Waals surface area contributed by atoms with Gasteiger partial charge in [-0.15, -0.1) is 0 Å². The zero-order valence-corrected chi connectivity index (χ0v) is 11.6. The summed E-state index contributed by atoms with van der Waals surface area (Å²) in [4.78, 5) is 4.35. The Balaban J connectivity index is 2.38. The highest BCUT2D eigenvalue weighted by molar-refractivity contribution is 4.85. The summed E-state index contributed by atoms with van der Waals surface area (Å²) in [5, 5.41) is 7.62. The van der Waals surface area contributed by atoms with E-state index in [1.165, 1.54) is 19.3 Å². The number of nitrogens with zero attached hydrogens (tertiary/aromatic N) is 3. The van der Waals surface area contributed by atoms with Crippen molar-refractivity contribution in [2.24, 2.45) is 5.92 Å². The number of nitrogens with one attached hydrogen (secondary N) is 1. The Kier molecular flexibility index (Phi) is 6.19. The van der Waals surface area contributed by atoms with E-state index in [0.29, 0.717) is 12.0 Å². The van der Waals surface area contributed by atoms with Gasteiger partial charge in [0.2, 0.25) is 0 Å². The summed E-state index contributed by atoms with van der Waals surface area (Å²) in [5.74, 6) is 1.75. The highest BCUT2D eigenvalue weighted by atomic mass is 15.3. The summed E-state index contributed by atoms with van der Waals surface area (Å²) in [6, 6.07) is 0.636. The first kappa shape index (κ1) is 14.2. The quantitative estimate of drug-likeness (QED) is 0.755. The minimum Gasteiger partial charge on any atom is -0.317 e. The van der Waals surface area contributed by atoms with Crippen LogP contribution in [0.3, 0.4) is 0 Å². The van der Waals surface area contributed by atoms with E-state index in [1.807, 2.05) is 11.7 Å². The predicted molar refractivity (Wildman–Crippen MR) is 70.9 cm³/mol. The van der Waals surface area contributed by atoms with Crippen LogP contribution in [0.2, 0.25) is 0 Å². The van der Waals surface area contributed by atoms with Gasteiger partial charge in [-0.3, -0.25) is 0 Å². The van der Waals surface area contributed by atoms with Gasteiger partial charge in [-0.05, 0) is 32.2 Å². The third-order valence-corrected chi connectivity index (χ3v) is 3.09. The molecule has 1 aromatic rings. The van der Waals surface area contributed by atoms with Crippen LogP contribution in [0, 0.1) is 5.92 Å². The summed E-state index contributed by atoms with van der Waals surface area (Å²) in [7, 11) is 2.04. The van der Waals surface area contributed by atoms with Crippen LogP contribution in [0.25, 0.3) is 0 Å². The molecule has 1 atom stereocenters. The van der Waals surface area contributed by atoms with E-state index in [0.717, 1.165) is 18.8 Å². The molecule has 0 radical (unpaired) electrons. The Labute approximate surface area is 105 Å². The van der Waals surface area contributed by atoms with Gasteiger partial charge < -0.3 is 5.32 Å². The molecular formula is C13H26N4. The Hall–Kier alpha value is -0.900. The van der Waals surface area contributed by atoms with Gasteiger partial charge in [0.1, 0.15) is 12.2 Å². The maximum absolute atomic E-state index is 4.35. The van der Waals surface area contributed by atoms with Crippen LogP contribution in [-0.4, -0.2) is 27.9 Å². The third-order valence-electron chi connectivity index (χ3n) is 3.09. The topological polar surface area (TPSA) is 42.7 Å². The molecule has 1 N–H and O–H groups in total. The van der Waals surface area contributed by atoms with E-state index in [1.54, 1.807) is 6.33 Å². The van der Waals surface area contributed by atoms with Gasteiger partial charge in [0.15, 0.2) is 0 Å². The molecule has 17 heavy (non-hydrogen) atoms. The summed E-state index contributed by atoms with van der Waals surface area (Å²) in [6.45, 7) is 7.61. The maximum atomic E-state index is 4.35. The first-order chi connectivity index (χ1) is 8.17. The van der Waals surface area contributed by atoms with Gasteiger partial charge in [0, 0.05) is 19.0 Å². The Morgan fingerprint density at radius 1 is 1.41 bits per heavy atom. The summed E-state index contributed by atoms with van der Waals surface area (Å²) >= 11 is 0. The van der Waals surface area contributed by atoms with E-state index in [4.69, 9.17) is 0 Å². The smallest absolute Gasteiger partial charge is 0.138 e. The summed E-state index contributed by atoms with van der Waals surface area (Å²) in [6.07, 6.45) is 6.28. The SMILES string of the molecule is CCC(CCCc1ncnn1CC(C)C)NC. The maximum Gasteiger partial charge on any atom is 0.138 e. The molecule has 0 amide bonds. The fraction of sp³-hybridized carbons (Fsp3) is 0.846. The van der Waals surface area contributed by atoms with E-state index in [9.17, 15) is 0 Å². The van der Waals surface area contributed by atoms with E-state index in [2.05, 4.69) is 36.2 Å². The molecule has 4 heteroatoms. The average molecular weight is 238 g/mol. The van der Waals surface area contributed by atoms with Crippen molar-refractivity contribution in [2.75, 3.05) is 7.05 Å². The zero-order valence-electron chi connectivity index (χ0n) is 11.6. The molecule has 0 saturated carbocycles. The highest BCUT2D eigenvalue weighted by Crippen LogP contribution is 2.08. The average Bonchev–Trinajstić information content (AvgIpc) is 2.71. The van der Waals surface area contributed by atoms with Gasteiger partial charge in [0.25, 0.3) is 0 Å². The summed E-state index contributed by atoms with van der Waals surface area (Å²) < 4.78 is 2.05. The number of hydrogen-bond donors (Lipinski definition) is 1. The number of aryl methyl sites for hydroxylation is 1. The molecule has 1 unspecified atom stereocenters. The minimum absolute atomic E-state index is 0.621. The van der Waals surface area contributed by atoms with Crippen molar-refractivity contribution < 1.29 is 0 Å². The van der Waals surface area contributed by atoms with E-state index >= 15 is 0 Å². The lowest BCUT2D eigenvalue weighted by molar-refractivity contribution is 0.450. The molecule has 1 aromatic heterocycles. The molecule has 0 aromatic carbocycles. The monoisotopic (exact) mass is 238 g/mol. The Morgan fingerprint density at radius 2 is 2.18 bits per heavy atom. The van der Waals surface area contributed by atoms with Gasteiger partial charge in [-0.1, -0.05) is 20.8 Å². The van der Waals surface area contributed by atoms with E-state index < -0.39 is 0 Å². The predicted octanol–water partition coefficient (Wildman–Crippen LogP) is 2.25. The van der Waals surface area contributed by atoms with Crippen LogP contribution in [-0.2, 0) is 13.0 Å². The van der Waals surface area contributed by atoms with Crippen molar-refractivity contribution in [3.8, 4) is 0 Å². The molecule has 0 aliphatic heterocycles. The summed E-state index contributed by atoms with van der Waals surface area (Å²) in [5.41, 5.74) is 0. The molecule has 0 spiro atoms. The van der Waals surface area contributed by atoms with Crippen molar-refractivity contribution in [3.05, 3.63) is 12.2 Å². The second-order valence-corrected chi connectivity index (χ2v) is 5.04. The highest BCUT2D eigenvalue weighted by Gasteiger charge is 2.08. The fourth-order valence-corrected chi connectivity index (χ4v) is 2.04. The normalized spacial score (nSPS) is 13.2. The largest absolute Gasteiger partial charge is 0.317 e. The zero-order chi connectivity index (χ0) is 12.7. The molecule has 98 valence electrons. The molecular weight excluding hydrogens is 212 g/mol. The third kappa shape index (κ3) is 4.86. The molecule has 0 bridgehead atoms. The lowest BCUT2D eigenvalue weighted by Gasteiger charge is -2.13. The first-order valence-electron chi connectivity index (χ1n) is 6.71. The van der Waals surface area contributed by atoms with Crippen molar-refractivity contribution in [1.29, 1.82) is 0 Å². The van der Waals surface area contributed by atoms with Crippen LogP contribution in [0.4, 0.5) is 0 Å². The number of rotatable bonds is 8.